The molecular weight excluding hydrogens is 378 g/mol. The molecule has 6 nitrogen and oxygen atoms in total. The van der Waals surface area contributed by atoms with Crippen LogP contribution in [0.25, 0.3) is 0 Å². The first-order valence-electron chi connectivity index (χ1n) is 9.56. The molecule has 0 N–H and O–H groups in total. The van der Waals surface area contributed by atoms with Gasteiger partial charge in [0.1, 0.15) is 5.02 Å². The van der Waals surface area contributed by atoms with E-state index in [1.807, 2.05) is 23.1 Å². The fourth-order valence-electron chi connectivity index (χ4n) is 3.93. The number of benzene rings is 2. The molecule has 1 saturated heterocycles. The van der Waals surface area contributed by atoms with E-state index in [-0.39, 0.29) is 22.7 Å². The van der Waals surface area contributed by atoms with Crippen LogP contribution in [0.4, 0.5) is 5.69 Å². The number of nitro groups is 1. The van der Waals surface area contributed by atoms with Crippen molar-refractivity contribution in [1.82, 2.24) is 9.80 Å². The van der Waals surface area contributed by atoms with Crippen molar-refractivity contribution >= 4 is 23.2 Å². The van der Waals surface area contributed by atoms with E-state index in [9.17, 15) is 14.9 Å². The maximum atomic E-state index is 13.2. The van der Waals surface area contributed by atoms with Crippen LogP contribution in [0, 0.1) is 10.1 Å². The van der Waals surface area contributed by atoms with Crippen molar-refractivity contribution in [2.45, 2.75) is 31.3 Å². The number of piperazine rings is 1. The van der Waals surface area contributed by atoms with E-state index in [2.05, 4.69) is 17.0 Å². The predicted octanol–water partition coefficient (Wildman–Crippen LogP) is 3.78. The van der Waals surface area contributed by atoms with Gasteiger partial charge in [0.2, 0.25) is 0 Å². The van der Waals surface area contributed by atoms with Crippen LogP contribution >= 0.6 is 11.6 Å². The summed E-state index contributed by atoms with van der Waals surface area (Å²) >= 11 is 5.91. The van der Waals surface area contributed by atoms with E-state index >= 15 is 0 Å². The van der Waals surface area contributed by atoms with Crippen molar-refractivity contribution in [3.8, 4) is 0 Å². The van der Waals surface area contributed by atoms with Crippen LogP contribution in [0.15, 0.2) is 48.5 Å². The SMILES string of the molecule is O=C(c1ccc(Cl)c([N+](=O)[O-])c1)N1CCN(C2CC2)CC1Cc1ccccc1. The second-order valence-corrected chi connectivity index (χ2v) is 7.90. The van der Waals surface area contributed by atoms with Crippen LogP contribution in [0.1, 0.15) is 28.8 Å². The molecule has 2 fully saturated rings. The van der Waals surface area contributed by atoms with Gasteiger partial charge in [0.05, 0.1) is 4.92 Å². The normalized spacial score (nSPS) is 20.2. The summed E-state index contributed by atoms with van der Waals surface area (Å²) in [5, 5.41) is 11.2. The molecule has 1 heterocycles. The fraction of sp³-hybridized carbons (Fsp3) is 0.381. The summed E-state index contributed by atoms with van der Waals surface area (Å²) in [7, 11) is 0. The van der Waals surface area contributed by atoms with Gasteiger partial charge in [-0.2, -0.15) is 0 Å². The Morgan fingerprint density at radius 1 is 1.14 bits per heavy atom. The van der Waals surface area contributed by atoms with E-state index < -0.39 is 4.92 Å². The smallest absolute Gasteiger partial charge is 0.288 e. The van der Waals surface area contributed by atoms with Crippen molar-refractivity contribution in [2.75, 3.05) is 19.6 Å². The third-order valence-corrected chi connectivity index (χ3v) is 5.86. The highest BCUT2D eigenvalue weighted by atomic mass is 35.5. The van der Waals surface area contributed by atoms with Crippen LogP contribution in [-0.2, 0) is 6.42 Å². The minimum Gasteiger partial charge on any atom is -0.333 e. The van der Waals surface area contributed by atoms with Gasteiger partial charge in [0, 0.05) is 43.3 Å². The lowest BCUT2D eigenvalue weighted by atomic mass is 10.0. The summed E-state index contributed by atoms with van der Waals surface area (Å²) in [5.74, 6) is -0.170. The second-order valence-electron chi connectivity index (χ2n) is 7.49. The van der Waals surface area contributed by atoms with E-state index in [0.29, 0.717) is 18.2 Å². The zero-order valence-corrected chi connectivity index (χ0v) is 16.2. The molecule has 2 aromatic rings. The van der Waals surface area contributed by atoms with Gasteiger partial charge in [-0.15, -0.1) is 0 Å². The number of halogens is 1. The first-order chi connectivity index (χ1) is 13.5. The van der Waals surface area contributed by atoms with E-state index in [0.717, 1.165) is 19.5 Å². The van der Waals surface area contributed by atoms with Gasteiger partial charge in [0.15, 0.2) is 0 Å². The number of carbonyl (C=O) groups is 1. The number of carbonyl (C=O) groups excluding carboxylic acids is 1. The molecule has 0 aromatic heterocycles. The maximum absolute atomic E-state index is 13.2. The maximum Gasteiger partial charge on any atom is 0.288 e. The van der Waals surface area contributed by atoms with Gasteiger partial charge >= 0.3 is 0 Å². The molecule has 1 amide bonds. The molecule has 1 atom stereocenters. The monoisotopic (exact) mass is 399 g/mol. The van der Waals surface area contributed by atoms with Gasteiger partial charge in [-0.05, 0) is 37.0 Å². The Balaban J connectivity index is 1.59. The summed E-state index contributed by atoms with van der Waals surface area (Å²) in [6.45, 7) is 2.31. The first kappa shape index (κ1) is 18.9. The first-order valence-corrected chi connectivity index (χ1v) is 9.93. The average molecular weight is 400 g/mol. The number of hydrogen-bond donors (Lipinski definition) is 0. The van der Waals surface area contributed by atoms with Crippen molar-refractivity contribution in [1.29, 1.82) is 0 Å². The molecule has 2 aromatic carbocycles. The molecular formula is C21H22ClN3O3. The largest absolute Gasteiger partial charge is 0.333 e. The van der Waals surface area contributed by atoms with Gasteiger partial charge in [-0.1, -0.05) is 41.9 Å². The van der Waals surface area contributed by atoms with Crippen LogP contribution < -0.4 is 0 Å². The molecule has 0 spiro atoms. The van der Waals surface area contributed by atoms with Gasteiger partial charge in [-0.3, -0.25) is 19.8 Å². The molecule has 2 aliphatic rings. The zero-order chi connectivity index (χ0) is 19.7. The summed E-state index contributed by atoms with van der Waals surface area (Å²) in [6.07, 6.45) is 3.23. The quantitative estimate of drug-likeness (QED) is 0.566. The predicted molar refractivity (Wildman–Crippen MR) is 108 cm³/mol. The molecule has 7 heteroatoms. The number of nitrogens with zero attached hydrogens (tertiary/aromatic N) is 3. The molecule has 146 valence electrons. The lowest BCUT2D eigenvalue weighted by Crippen LogP contribution is -2.56. The van der Waals surface area contributed by atoms with Crippen LogP contribution in [0.3, 0.4) is 0 Å². The second kappa shape index (κ2) is 7.89. The van der Waals surface area contributed by atoms with Gasteiger partial charge < -0.3 is 4.90 Å². The van der Waals surface area contributed by atoms with Crippen molar-refractivity contribution < 1.29 is 9.72 Å². The van der Waals surface area contributed by atoms with Gasteiger partial charge in [0.25, 0.3) is 11.6 Å². The number of amides is 1. The topological polar surface area (TPSA) is 66.7 Å². The third-order valence-electron chi connectivity index (χ3n) is 5.54. The molecule has 0 bridgehead atoms. The van der Waals surface area contributed by atoms with Crippen molar-refractivity contribution in [3.05, 3.63) is 74.8 Å². The van der Waals surface area contributed by atoms with Gasteiger partial charge in [-0.25, -0.2) is 0 Å². The Bertz CT molecular complexity index is 886. The zero-order valence-electron chi connectivity index (χ0n) is 15.5. The van der Waals surface area contributed by atoms with Crippen LogP contribution in [0.5, 0.6) is 0 Å². The summed E-state index contributed by atoms with van der Waals surface area (Å²) in [5.41, 5.74) is 1.27. The third kappa shape index (κ3) is 4.03. The average Bonchev–Trinajstić information content (AvgIpc) is 3.54. The standard InChI is InChI=1S/C21H22ClN3O3/c22-19-9-6-16(13-20(19)25(27)28)21(26)24-11-10-23(17-7-8-17)14-18(24)12-15-4-2-1-3-5-15/h1-6,9,13,17-18H,7-8,10-12,14H2. The highest BCUT2D eigenvalue weighted by Crippen LogP contribution is 2.31. The molecule has 1 saturated carbocycles. The highest BCUT2D eigenvalue weighted by Gasteiger charge is 2.37. The van der Waals surface area contributed by atoms with E-state index in [1.165, 1.54) is 30.5 Å². The molecule has 0 radical (unpaired) electrons. The Morgan fingerprint density at radius 2 is 1.89 bits per heavy atom. The van der Waals surface area contributed by atoms with Crippen molar-refractivity contribution in [2.24, 2.45) is 0 Å². The summed E-state index contributed by atoms with van der Waals surface area (Å²) in [4.78, 5) is 28.2. The lowest BCUT2D eigenvalue weighted by Gasteiger charge is -2.42. The minimum atomic E-state index is -0.550. The molecule has 4 rings (SSSR count). The van der Waals surface area contributed by atoms with Crippen LogP contribution in [-0.4, -0.2) is 52.3 Å². The summed E-state index contributed by atoms with van der Waals surface area (Å²) in [6, 6.07) is 15.1. The Hall–Kier alpha value is -2.44. The summed E-state index contributed by atoms with van der Waals surface area (Å²) < 4.78 is 0. The van der Waals surface area contributed by atoms with E-state index in [1.54, 1.807) is 6.07 Å². The minimum absolute atomic E-state index is 0.0407. The number of nitro benzene ring substituents is 1. The molecule has 1 unspecified atom stereocenters. The number of hydrogen-bond acceptors (Lipinski definition) is 4. The van der Waals surface area contributed by atoms with E-state index in [4.69, 9.17) is 11.6 Å². The Labute approximate surface area is 168 Å². The molecule has 28 heavy (non-hydrogen) atoms. The van der Waals surface area contributed by atoms with Crippen molar-refractivity contribution in [3.63, 3.8) is 0 Å². The Kier molecular flexibility index (Phi) is 5.33. The fourth-order valence-corrected chi connectivity index (χ4v) is 4.12. The number of rotatable bonds is 5. The Morgan fingerprint density at radius 3 is 2.57 bits per heavy atom. The molecule has 1 aliphatic heterocycles. The lowest BCUT2D eigenvalue weighted by molar-refractivity contribution is -0.384. The molecule has 1 aliphatic carbocycles. The highest BCUT2D eigenvalue weighted by molar-refractivity contribution is 6.32. The van der Waals surface area contributed by atoms with Crippen LogP contribution in [0.2, 0.25) is 5.02 Å².